The summed E-state index contributed by atoms with van der Waals surface area (Å²) in [5.41, 5.74) is 1.32. The number of methoxy groups -OCH3 is 1. The SMILES string of the molecule is COc1ccc([C@@H]2CN(C(=O)CCn3cccn3)[C@@H]3C4CCN(CC4)[C@@H]32)cc1. The molecule has 4 aliphatic rings. The van der Waals surface area contributed by atoms with E-state index in [1.165, 1.54) is 31.5 Å². The summed E-state index contributed by atoms with van der Waals surface area (Å²) in [5, 5.41) is 4.24. The predicted octanol–water partition coefficient (Wildman–Crippen LogP) is 2.37. The van der Waals surface area contributed by atoms with Gasteiger partial charge in [-0.05, 0) is 55.6 Å². The lowest BCUT2D eigenvalue weighted by Crippen LogP contribution is -2.60. The van der Waals surface area contributed by atoms with Crippen molar-refractivity contribution in [3.05, 3.63) is 48.3 Å². The molecule has 3 atom stereocenters. The Bertz CT molecular complexity index is 812. The molecule has 6 rings (SSSR count). The van der Waals surface area contributed by atoms with Crippen LogP contribution in [0.3, 0.4) is 0 Å². The van der Waals surface area contributed by atoms with Crippen LogP contribution in [0.5, 0.6) is 5.75 Å². The third kappa shape index (κ3) is 3.00. The number of hydrogen-bond donors (Lipinski definition) is 0. The van der Waals surface area contributed by atoms with E-state index in [-0.39, 0.29) is 5.91 Å². The summed E-state index contributed by atoms with van der Waals surface area (Å²) in [4.78, 5) is 18.0. The van der Waals surface area contributed by atoms with Gasteiger partial charge in [0.1, 0.15) is 5.75 Å². The lowest BCUT2D eigenvalue weighted by atomic mass is 9.75. The van der Waals surface area contributed by atoms with Crippen molar-refractivity contribution in [2.75, 3.05) is 26.7 Å². The number of aromatic nitrogens is 2. The second-order valence-corrected chi connectivity index (χ2v) is 8.30. The summed E-state index contributed by atoms with van der Waals surface area (Å²) in [6.07, 6.45) is 6.66. The van der Waals surface area contributed by atoms with Crippen LogP contribution in [0, 0.1) is 5.92 Å². The molecule has 4 saturated heterocycles. The maximum Gasteiger partial charge on any atom is 0.224 e. The summed E-state index contributed by atoms with van der Waals surface area (Å²) in [5.74, 6) is 2.19. The monoisotopic (exact) mass is 380 g/mol. The minimum Gasteiger partial charge on any atom is -0.497 e. The average Bonchev–Trinajstić information content (AvgIpc) is 3.42. The van der Waals surface area contributed by atoms with Crippen LogP contribution in [0.25, 0.3) is 0 Å². The number of nitrogens with zero attached hydrogens (tertiary/aromatic N) is 4. The first-order chi connectivity index (χ1) is 13.7. The van der Waals surface area contributed by atoms with Gasteiger partial charge in [-0.3, -0.25) is 14.4 Å². The van der Waals surface area contributed by atoms with Gasteiger partial charge in [0, 0.05) is 43.9 Å². The molecule has 1 aromatic heterocycles. The number of ether oxygens (including phenoxy) is 1. The second kappa shape index (κ2) is 7.24. The fraction of sp³-hybridized carbons (Fsp3) is 0.545. The van der Waals surface area contributed by atoms with Crippen LogP contribution < -0.4 is 4.74 Å². The third-order valence-electron chi connectivity index (χ3n) is 6.97. The van der Waals surface area contributed by atoms with Crippen LogP contribution >= 0.6 is 0 Å². The van der Waals surface area contributed by atoms with E-state index in [1.807, 2.05) is 29.1 Å². The molecule has 5 heterocycles. The molecule has 148 valence electrons. The largest absolute Gasteiger partial charge is 0.497 e. The Labute approximate surface area is 166 Å². The molecular weight excluding hydrogens is 352 g/mol. The smallest absolute Gasteiger partial charge is 0.224 e. The van der Waals surface area contributed by atoms with Gasteiger partial charge < -0.3 is 9.64 Å². The number of piperidine rings is 3. The predicted molar refractivity (Wildman–Crippen MR) is 106 cm³/mol. The van der Waals surface area contributed by atoms with Gasteiger partial charge in [-0.1, -0.05) is 12.1 Å². The van der Waals surface area contributed by atoms with Crippen LogP contribution in [0.1, 0.15) is 30.7 Å². The fourth-order valence-corrected chi connectivity index (χ4v) is 5.64. The Morgan fingerprint density at radius 3 is 2.64 bits per heavy atom. The van der Waals surface area contributed by atoms with Gasteiger partial charge in [0.2, 0.25) is 5.91 Å². The molecule has 0 unspecified atom stereocenters. The zero-order valence-corrected chi connectivity index (χ0v) is 16.4. The summed E-state index contributed by atoms with van der Waals surface area (Å²) in [6, 6.07) is 11.2. The molecule has 0 saturated carbocycles. The number of carbonyl (C=O) groups excluding carboxylic acids is 1. The molecule has 0 spiro atoms. The van der Waals surface area contributed by atoms with Crippen molar-refractivity contribution in [1.82, 2.24) is 19.6 Å². The first kappa shape index (κ1) is 17.7. The van der Waals surface area contributed by atoms with Crippen LogP contribution in [0.4, 0.5) is 0 Å². The number of benzene rings is 1. The Morgan fingerprint density at radius 1 is 1.18 bits per heavy atom. The van der Waals surface area contributed by atoms with E-state index >= 15 is 0 Å². The van der Waals surface area contributed by atoms with Crippen LogP contribution in [-0.4, -0.2) is 64.3 Å². The molecule has 0 radical (unpaired) electrons. The minimum atomic E-state index is 0.273. The van der Waals surface area contributed by atoms with Crippen molar-refractivity contribution in [1.29, 1.82) is 0 Å². The van der Waals surface area contributed by atoms with E-state index in [0.717, 1.165) is 12.3 Å². The number of fused-ring (bicyclic) bond motifs is 2. The lowest BCUT2D eigenvalue weighted by molar-refractivity contribution is -0.136. The number of amides is 1. The van der Waals surface area contributed by atoms with Crippen molar-refractivity contribution in [2.24, 2.45) is 5.92 Å². The number of rotatable bonds is 5. The Hall–Kier alpha value is -2.34. The first-order valence-corrected chi connectivity index (χ1v) is 10.4. The highest BCUT2D eigenvalue weighted by Crippen LogP contribution is 2.46. The van der Waals surface area contributed by atoms with Crippen LogP contribution in [-0.2, 0) is 11.3 Å². The fourth-order valence-electron chi connectivity index (χ4n) is 5.64. The highest BCUT2D eigenvalue weighted by Gasteiger charge is 2.54. The highest BCUT2D eigenvalue weighted by molar-refractivity contribution is 5.77. The molecular formula is C22H28N4O2. The molecule has 4 aliphatic heterocycles. The molecule has 1 amide bonds. The van der Waals surface area contributed by atoms with E-state index in [0.29, 0.717) is 36.9 Å². The van der Waals surface area contributed by atoms with Crippen molar-refractivity contribution in [3.63, 3.8) is 0 Å². The number of carbonyl (C=O) groups is 1. The van der Waals surface area contributed by atoms with Crippen molar-refractivity contribution in [2.45, 2.75) is 43.8 Å². The molecule has 2 aromatic rings. The maximum atomic E-state index is 13.2. The topological polar surface area (TPSA) is 50.6 Å². The molecule has 4 fully saturated rings. The summed E-state index contributed by atoms with van der Waals surface area (Å²) in [6.45, 7) is 3.83. The number of hydrogen-bond acceptors (Lipinski definition) is 4. The molecule has 0 N–H and O–H groups in total. The van der Waals surface area contributed by atoms with Crippen molar-refractivity contribution in [3.8, 4) is 5.75 Å². The average molecular weight is 380 g/mol. The summed E-state index contributed by atoms with van der Waals surface area (Å²) < 4.78 is 7.18. The van der Waals surface area contributed by atoms with Crippen molar-refractivity contribution >= 4 is 5.91 Å². The van der Waals surface area contributed by atoms with E-state index in [2.05, 4.69) is 27.0 Å². The zero-order chi connectivity index (χ0) is 19.1. The lowest BCUT2D eigenvalue weighted by Gasteiger charge is -2.51. The van der Waals surface area contributed by atoms with Gasteiger partial charge >= 0.3 is 0 Å². The zero-order valence-electron chi connectivity index (χ0n) is 16.4. The number of aryl methyl sites for hydroxylation is 1. The van der Waals surface area contributed by atoms with E-state index in [4.69, 9.17) is 4.74 Å². The van der Waals surface area contributed by atoms with Gasteiger partial charge in [-0.25, -0.2) is 0 Å². The molecule has 1 aromatic carbocycles. The van der Waals surface area contributed by atoms with E-state index in [9.17, 15) is 4.79 Å². The molecule has 6 heteroatoms. The van der Waals surface area contributed by atoms with Gasteiger partial charge in [-0.15, -0.1) is 0 Å². The van der Waals surface area contributed by atoms with E-state index < -0.39 is 0 Å². The minimum absolute atomic E-state index is 0.273. The maximum absolute atomic E-state index is 13.2. The standard InChI is InChI=1S/C22H28N4O2/c1-28-18-5-3-16(4-6-18)19-15-26(20(27)9-14-25-11-2-10-23-25)21-17-7-12-24(13-8-17)22(19)21/h2-6,10-11,17,19,21-22H,7-9,12-15H2,1H3/t19-,21+,22+/m0/s1. The quantitative estimate of drug-likeness (QED) is 0.799. The van der Waals surface area contributed by atoms with E-state index in [1.54, 1.807) is 13.3 Å². The Balaban J connectivity index is 1.39. The molecule has 6 nitrogen and oxygen atoms in total. The molecule has 28 heavy (non-hydrogen) atoms. The van der Waals surface area contributed by atoms with Gasteiger partial charge in [0.05, 0.1) is 13.2 Å². The second-order valence-electron chi connectivity index (χ2n) is 8.30. The van der Waals surface area contributed by atoms with Crippen LogP contribution in [0.2, 0.25) is 0 Å². The first-order valence-electron chi connectivity index (χ1n) is 10.4. The normalized spacial score (nSPS) is 31.0. The highest BCUT2D eigenvalue weighted by atomic mass is 16.5. The molecule has 2 bridgehead atoms. The van der Waals surface area contributed by atoms with Crippen LogP contribution in [0.15, 0.2) is 42.7 Å². The Kier molecular flexibility index (Phi) is 4.59. The molecule has 0 aliphatic carbocycles. The Morgan fingerprint density at radius 2 is 1.96 bits per heavy atom. The van der Waals surface area contributed by atoms with Gasteiger partial charge in [0.15, 0.2) is 0 Å². The van der Waals surface area contributed by atoms with Gasteiger partial charge in [-0.2, -0.15) is 5.10 Å². The number of likely N-dealkylation sites (tertiary alicyclic amines) is 1. The van der Waals surface area contributed by atoms with Crippen molar-refractivity contribution < 1.29 is 9.53 Å². The summed E-state index contributed by atoms with van der Waals surface area (Å²) >= 11 is 0. The van der Waals surface area contributed by atoms with Gasteiger partial charge in [0.25, 0.3) is 0 Å². The summed E-state index contributed by atoms with van der Waals surface area (Å²) in [7, 11) is 1.70. The third-order valence-corrected chi connectivity index (χ3v) is 6.97.